The molecule has 1 N–H and O–H groups in total. The maximum atomic E-state index is 9.86. The first-order valence-corrected chi connectivity index (χ1v) is 11.5. The Morgan fingerprint density at radius 2 is 1.81 bits per heavy atom. The van der Waals surface area contributed by atoms with E-state index in [0.717, 1.165) is 10.9 Å². The summed E-state index contributed by atoms with van der Waals surface area (Å²) in [6.45, 7) is 2.09. The van der Waals surface area contributed by atoms with E-state index < -0.39 is 17.0 Å². The van der Waals surface area contributed by atoms with Gasteiger partial charge in [-0.15, -0.1) is 0 Å². The summed E-state index contributed by atoms with van der Waals surface area (Å²) in [4.78, 5) is 4.09. The summed E-state index contributed by atoms with van der Waals surface area (Å²) in [5, 5.41) is 12.1. The standard InChI is InChI=1S/C15H16NOP.2ClH.Ti/c1-11-6-5-7-12(10-16-2)15(11)18-14-9-4-3-8-13(14)17;;;/h3-10,17-18H,1-2H3;2*1H;/q;;;+2/p-2. The molecule has 0 saturated carbocycles. The number of benzene rings is 2. The summed E-state index contributed by atoms with van der Waals surface area (Å²) in [6.07, 6.45) is 1.87. The Bertz CT molecular complexity index is 608. The van der Waals surface area contributed by atoms with Gasteiger partial charge in [-0.05, 0) is 23.9 Å². The van der Waals surface area contributed by atoms with Crippen LogP contribution in [0.4, 0.5) is 0 Å². The van der Waals surface area contributed by atoms with Gasteiger partial charge in [-0.1, -0.05) is 45.0 Å². The molecule has 2 aromatic rings. The van der Waals surface area contributed by atoms with E-state index in [0.29, 0.717) is 14.3 Å². The average Bonchev–Trinajstić information content (AvgIpc) is 2.46. The van der Waals surface area contributed by atoms with E-state index in [2.05, 4.69) is 24.0 Å². The summed E-state index contributed by atoms with van der Waals surface area (Å²) >= 11 is -0.556. The molecule has 110 valence electrons. The SMILES string of the molecule is CN=Cc1cccc(C)c1Pc1ccccc1O.[Cl][Ti][Cl]. The molecule has 0 heterocycles. The summed E-state index contributed by atoms with van der Waals surface area (Å²) in [7, 11) is 12.0. The van der Waals surface area contributed by atoms with E-state index in [1.165, 1.54) is 10.9 Å². The number of hydrogen-bond donors (Lipinski definition) is 1. The number of rotatable bonds is 3. The van der Waals surface area contributed by atoms with Crippen molar-refractivity contribution in [3.8, 4) is 5.75 Å². The average molecular weight is 376 g/mol. The van der Waals surface area contributed by atoms with E-state index in [9.17, 15) is 5.11 Å². The summed E-state index contributed by atoms with van der Waals surface area (Å²) < 4.78 is 0. The molecular weight excluding hydrogens is 360 g/mol. The van der Waals surface area contributed by atoms with Gasteiger partial charge in [0, 0.05) is 24.1 Å². The van der Waals surface area contributed by atoms with Crippen LogP contribution in [-0.4, -0.2) is 18.4 Å². The van der Waals surface area contributed by atoms with Crippen molar-refractivity contribution in [3.05, 3.63) is 53.6 Å². The number of hydrogen-bond acceptors (Lipinski definition) is 2. The van der Waals surface area contributed by atoms with E-state index >= 15 is 0 Å². The molecule has 0 radical (unpaired) electrons. The van der Waals surface area contributed by atoms with Gasteiger partial charge in [0.2, 0.25) is 0 Å². The van der Waals surface area contributed by atoms with Gasteiger partial charge < -0.3 is 5.11 Å². The molecule has 2 rings (SSSR count). The minimum absolute atomic E-state index is 0.360. The maximum absolute atomic E-state index is 9.86. The Hall–Kier alpha value is -0.366. The number of phenolic OH excluding ortho intramolecular Hbond substituents is 1. The Labute approximate surface area is 144 Å². The van der Waals surface area contributed by atoms with Crippen LogP contribution < -0.4 is 10.6 Å². The zero-order valence-corrected chi connectivity index (χ0v) is 15.8. The van der Waals surface area contributed by atoms with Crippen molar-refractivity contribution in [2.75, 3.05) is 7.05 Å². The number of aromatic hydroxyl groups is 1. The molecule has 1 atom stereocenters. The van der Waals surface area contributed by atoms with Gasteiger partial charge in [0.05, 0.1) is 0 Å². The van der Waals surface area contributed by atoms with Crippen LogP contribution in [0.25, 0.3) is 0 Å². The Morgan fingerprint density at radius 3 is 2.43 bits per heavy atom. The molecule has 2 nitrogen and oxygen atoms in total. The molecule has 0 aliphatic heterocycles. The second-order valence-corrected chi connectivity index (χ2v) is 8.01. The second kappa shape index (κ2) is 10.4. The van der Waals surface area contributed by atoms with Crippen molar-refractivity contribution in [2.24, 2.45) is 4.99 Å². The van der Waals surface area contributed by atoms with Gasteiger partial charge in [-0.2, -0.15) is 0 Å². The van der Waals surface area contributed by atoms with Crippen molar-refractivity contribution in [1.29, 1.82) is 0 Å². The predicted octanol–water partition coefficient (Wildman–Crippen LogP) is 3.76. The normalized spacial score (nSPS) is 10.7. The van der Waals surface area contributed by atoms with Gasteiger partial charge >= 0.3 is 35.6 Å². The molecule has 0 bridgehead atoms. The van der Waals surface area contributed by atoms with Gasteiger partial charge in [-0.25, -0.2) is 0 Å². The van der Waals surface area contributed by atoms with Crippen molar-refractivity contribution < 1.29 is 22.1 Å². The van der Waals surface area contributed by atoms with Crippen molar-refractivity contribution in [2.45, 2.75) is 6.92 Å². The third kappa shape index (κ3) is 6.10. The first kappa shape index (κ1) is 18.7. The van der Waals surface area contributed by atoms with E-state index in [4.69, 9.17) is 18.6 Å². The predicted molar refractivity (Wildman–Crippen MR) is 92.1 cm³/mol. The number of para-hydroxylation sites is 1. The fourth-order valence-electron chi connectivity index (χ4n) is 1.82. The molecule has 1 unspecified atom stereocenters. The van der Waals surface area contributed by atoms with E-state index in [1.807, 2.05) is 30.5 Å². The Balaban J connectivity index is 0.000000677. The third-order valence-electron chi connectivity index (χ3n) is 2.74. The molecule has 6 heteroatoms. The molecule has 0 amide bonds. The number of aliphatic imine (C=N–C) groups is 1. The van der Waals surface area contributed by atoms with E-state index in [-0.39, 0.29) is 0 Å². The van der Waals surface area contributed by atoms with Crippen LogP contribution in [0, 0.1) is 6.92 Å². The first-order valence-electron chi connectivity index (χ1n) is 6.17. The van der Waals surface area contributed by atoms with Crippen molar-refractivity contribution >= 4 is 44.0 Å². The topological polar surface area (TPSA) is 32.6 Å². The Kier molecular flexibility index (Phi) is 9.23. The molecule has 2 aromatic carbocycles. The van der Waals surface area contributed by atoms with Crippen LogP contribution in [0.2, 0.25) is 0 Å². The monoisotopic (exact) mass is 375 g/mol. The first-order chi connectivity index (χ1) is 10.1. The molecule has 0 saturated heterocycles. The van der Waals surface area contributed by atoms with Gasteiger partial charge in [0.25, 0.3) is 0 Å². The zero-order chi connectivity index (χ0) is 15.7. The third-order valence-corrected chi connectivity index (χ3v) is 4.36. The van der Waals surface area contributed by atoms with Crippen LogP contribution in [0.1, 0.15) is 11.1 Å². The summed E-state index contributed by atoms with van der Waals surface area (Å²) in [6, 6.07) is 13.7. The zero-order valence-electron chi connectivity index (χ0n) is 11.8. The second-order valence-electron chi connectivity index (χ2n) is 4.14. The van der Waals surface area contributed by atoms with Crippen molar-refractivity contribution in [3.63, 3.8) is 0 Å². The van der Waals surface area contributed by atoms with Gasteiger partial charge in [0.1, 0.15) is 5.75 Å². The van der Waals surface area contributed by atoms with Crippen LogP contribution in [-0.2, 0) is 17.0 Å². The molecule has 0 spiro atoms. The van der Waals surface area contributed by atoms with Crippen LogP contribution in [0.3, 0.4) is 0 Å². The Morgan fingerprint density at radius 1 is 1.14 bits per heavy atom. The van der Waals surface area contributed by atoms with Crippen LogP contribution in [0.5, 0.6) is 5.75 Å². The molecule has 0 aromatic heterocycles. The minimum atomic E-state index is -0.556. The van der Waals surface area contributed by atoms with E-state index in [1.54, 1.807) is 13.1 Å². The molecule has 0 fully saturated rings. The summed E-state index contributed by atoms with van der Waals surface area (Å²) in [5.74, 6) is 0.360. The molecule has 0 aliphatic rings. The molecule has 21 heavy (non-hydrogen) atoms. The number of halogens is 2. The van der Waals surface area contributed by atoms with Crippen LogP contribution >= 0.6 is 27.2 Å². The molecular formula is C15H16Cl2NOPTi. The molecule has 0 aliphatic carbocycles. The summed E-state index contributed by atoms with van der Waals surface area (Å²) in [5.41, 5.74) is 2.35. The number of phenols is 1. The van der Waals surface area contributed by atoms with Crippen LogP contribution in [0.15, 0.2) is 47.5 Å². The quantitative estimate of drug-likeness (QED) is 0.494. The number of nitrogens with zero attached hydrogens (tertiary/aromatic N) is 1. The number of aryl methyl sites for hydroxylation is 1. The fraction of sp³-hybridized carbons (Fsp3) is 0.133. The van der Waals surface area contributed by atoms with Crippen molar-refractivity contribution in [1.82, 2.24) is 0 Å². The van der Waals surface area contributed by atoms with Gasteiger partial charge in [-0.3, -0.25) is 4.99 Å². The van der Waals surface area contributed by atoms with Gasteiger partial charge in [0.15, 0.2) is 0 Å². The fourth-order valence-corrected chi connectivity index (χ4v) is 3.05.